The van der Waals surface area contributed by atoms with Crippen LogP contribution in [0.2, 0.25) is 5.02 Å². The van der Waals surface area contributed by atoms with Crippen LogP contribution in [0.1, 0.15) is 5.56 Å². The van der Waals surface area contributed by atoms with Crippen molar-refractivity contribution in [1.82, 2.24) is 9.13 Å². The minimum atomic E-state index is -0.621. The number of aliphatic imine (C=N–C) groups is 1. The minimum absolute atomic E-state index is 0.0359. The summed E-state index contributed by atoms with van der Waals surface area (Å²) in [5.41, 5.74) is -0.661. The van der Waals surface area contributed by atoms with Crippen molar-refractivity contribution in [1.29, 1.82) is 0 Å². The highest BCUT2D eigenvalue weighted by atomic mass is 35.5. The molecule has 9 heteroatoms. The minimum Gasteiger partial charge on any atom is -0.494 e. The molecular weight excluding hydrogens is 426 g/mol. The highest BCUT2D eigenvalue weighted by Crippen LogP contribution is 2.25. The summed E-state index contributed by atoms with van der Waals surface area (Å²) >= 11 is 7.33. The largest absolute Gasteiger partial charge is 0.494 e. The van der Waals surface area contributed by atoms with Gasteiger partial charge in [-0.3, -0.25) is 13.9 Å². The molecule has 0 fully saturated rings. The van der Waals surface area contributed by atoms with Crippen molar-refractivity contribution in [2.75, 3.05) is 12.4 Å². The fourth-order valence-electron chi connectivity index (χ4n) is 2.65. The van der Waals surface area contributed by atoms with Gasteiger partial charge in [0.15, 0.2) is 0 Å². The van der Waals surface area contributed by atoms with E-state index in [1.165, 1.54) is 25.9 Å². The van der Waals surface area contributed by atoms with Gasteiger partial charge in [0, 0.05) is 19.8 Å². The second-order valence-corrected chi connectivity index (χ2v) is 7.78. The Morgan fingerprint density at radius 2 is 1.73 bits per heavy atom. The Morgan fingerprint density at radius 3 is 2.43 bits per heavy atom. The van der Waals surface area contributed by atoms with Crippen LogP contribution in [0, 0.1) is 0 Å². The van der Waals surface area contributed by atoms with Crippen molar-refractivity contribution in [3.8, 4) is 11.6 Å². The first-order chi connectivity index (χ1) is 14.4. The maximum Gasteiger partial charge on any atom is 0.333 e. The molecule has 3 aromatic rings. The lowest BCUT2D eigenvalue weighted by molar-refractivity contribution is 0.344. The van der Waals surface area contributed by atoms with Gasteiger partial charge in [-0.15, -0.1) is 11.8 Å². The number of hydrogen-bond donors (Lipinski definition) is 1. The molecule has 0 aliphatic rings. The predicted molar refractivity (Wildman–Crippen MR) is 121 cm³/mol. The summed E-state index contributed by atoms with van der Waals surface area (Å²) in [6, 6.07) is 16.2. The molecule has 0 unspecified atom stereocenters. The molecule has 0 aliphatic carbocycles. The number of benzene rings is 2. The molecule has 1 aromatic heterocycles. The lowest BCUT2D eigenvalue weighted by Gasteiger charge is -2.13. The van der Waals surface area contributed by atoms with Gasteiger partial charge in [-0.25, -0.2) is 9.79 Å². The monoisotopic (exact) mass is 445 g/mol. The number of nitrogens with zero attached hydrogens (tertiary/aromatic N) is 3. The zero-order valence-corrected chi connectivity index (χ0v) is 18.0. The molecule has 3 rings (SSSR count). The topological polar surface area (TPSA) is 85.8 Å². The standard InChI is InChI=1S/C21H20ClN3O4S/c1-24-19(26)17(20(27)25(2)21(24)28)18(23-14-8-4-3-5-9-14)30-13-12-29-16-11-7-6-10-15(16)22/h3-11,26H,12-13H2,1-2H3. The number of aromatic nitrogens is 2. The number of hydrogen-bond acceptors (Lipinski definition) is 6. The molecule has 0 bridgehead atoms. The molecule has 1 N–H and O–H groups in total. The van der Waals surface area contributed by atoms with Gasteiger partial charge >= 0.3 is 5.69 Å². The lowest BCUT2D eigenvalue weighted by atomic mass is 10.3. The Morgan fingerprint density at radius 1 is 1.07 bits per heavy atom. The molecule has 0 saturated heterocycles. The van der Waals surface area contributed by atoms with E-state index in [9.17, 15) is 14.7 Å². The summed E-state index contributed by atoms with van der Waals surface area (Å²) in [4.78, 5) is 29.4. The number of ether oxygens (including phenoxy) is 1. The Labute approximate surface area is 182 Å². The summed E-state index contributed by atoms with van der Waals surface area (Å²) in [6.45, 7) is 0.301. The first kappa shape index (κ1) is 21.7. The van der Waals surface area contributed by atoms with Crippen molar-refractivity contribution in [2.24, 2.45) is 19.1 Å². The van der Waals surface area contributed by atoms with Gasteiger partial charge < -0.3 is 9.84 Å². The summed E-state index contributed by atoms with van der Waals surface area (Å²) in [5, 5.41) is 11.3. The van der Waals surface area contributed by atoms with Gasteiger partial charge in [-0.1, -0.05) is 41.9 Å². The molecule has 0 atom stereocenters. The molecule has 0 spiro atoms. The van der Waals surface area contributed by atoms with Gasteiger partial charge in [0.25, 0.3) is 5.56 Å². The number of rotatable bonds is 6. The van der Waals surface area contributed by atoms with E-state index in [0.717, 1.165) is 9.13 Å². The van der Waals surface area contributed by atoms with Gasteiger partial charge in [-0.05, 0) is 24.3 Å². The highest BCUT2D eigenvalue weighted by Gasteiger charge is 2.21. The Hall–Kier alpha value is -2.97. The van der Waals surface area contributed by atoms with Crippen LogP contribution in [0.4, 0.5) is 5.69 Å². The smallest absolute Gasteiger partial charge is 0.333 e. The van der Waals surface area contributed by atoms with Gasteiger partial charge in [-0.2, -0.15) is 0 Å². The summed E-state index contributed by atoms with van der Waals surface area (Å²) < 4.78 is 7.64. The Bertz CT molecular complexity index is 1190. The second kappa shape index (κ2) is 9.69. The number of thioether (sulfide) groups is 1. The maximum atomic E-state index is 12.7. The van der Waals surface area contributed by atoms with Crippen LogP contribution in [0.15, 0.2) is 69.2 Å². The van der Waals surface area contributed by atoms with E-state index >= 15 is 0 Å². The van der Waals surface area contributed by atoms with E-state index < -0.39 is 17.1 Å². The zero-order valence-electron chi connectivity index (χ0n) is 16.4. The number of aromatic hydroxyl groups is 1. The quantitative estimate of drug-likeness (QED) is 0.357. The van der Waals surface area contributed by atoms with Crippen LogP contribution < -0.4 is 16.0 Å². The molecule has 2 aromatic carbocycles. The first-order valence-electron chi connectivity index (χ1n) is 9.03. The van der Waals surface area contributed by atoms with Gasteiger partial charge in [0.05, 0.1) is 17.3 Å². The average Bonchev–Trinajstić information content (AvgIpc) is 2.75. The highest BCUT2D eigenvalue weighted by molar-refractivity contribution is 8.14. The van der Waals surface area contributed by atoms with Crippen molar-refractivity contribution < 1.29 is 9.84 Å². The molecule has 0 aliphatic heterocycles. The Balaban J connectivity index is 1.91. The van der Waals surface area contributed by atoms with Crippen LogP contribution in [0.5, 0.6) is 11.6 Å². The van der Waals surface area contributed by atoms with Gasteiger partial charge in [0.1, 0.15) is 16.4 Å². The van der Waals surface area contributed by atoms with Crippen molar-refractivity contribution in [2.45, 2.75) is 0 Å². The summed E-state index contributed by atoms with van der Waals surface area (Å²) in [7, 11) is 2.75. The van der Waals surface area contributed by atoms with Gasteiger partial charge in [0.2, 0.25) is 5.88 Å². The molecule has 0 amide bonds. The molecule has 0 saturated carbocycles. The maximum absolute atomic E-state index is 12.7. The molecule has 30 heavy (non-hydrogen) atoms. The number of halogens is 1. The third-order valence-electron chi connectivity index (χ3n) is 4.25. The van der Waals surface area contributed by atoms with E-state index in [0.29, 0.717) is 28.8 Å². The fourth-order valence-corrected chi connectivity index (χ4v) is 3.70. The molecule has 156 valence electrons. The molecule has 1 heterocycles. The van der Waals surface area contributed by atoms with Crippen LogP contribution in [-0.4, -0.2) is 31.6 Å². The van der Waals surface area contributed by atoms with E-state index in [1.807, 2.05) is 30.3 Å². The van der Waals surface area contributed by atoms with E-state index in [1.54, 1.807) is 24.3 Å². The third-order valence-corrected chi connectivity index (χ3v) is 5.50. The van der Waals surface area contributed by atoms with E-state index in [-0.39, 0.29) is 10.6 Å². The van der Waals surface area contributed by atoms with E-state index in [2.05, 4.69) is 4.99 Å². The average molecular weight is 446 g/mol. The van der Waals surface area contributed by atoms with E-state index in [4.69, 9.17) is 16.3 Å². The lowest BCUT2D eigenvalue weighted by Crippen LogP contribution is -2.39. The van der Waals surface area contributed by atoms with Crippen LogP contribution >= 0.6 is 23.4 Å². The zero-order chi connectivity index (χ0) is 21.7. The molecular formula is C21H20ClN3O4S. The second-order valence-electron chi connectivity index (χ2n) is 6.28. The number of para-hydroxylation sites is 2. The molecule has 0 radical (unpaired) electrons. The summed E-state index contributed by atoms with van der Waals surface area (Å²) in [5.74, 6) is 0.557. The first-order valence-corrected chi connectivity index (χ1v) is 10.4. The molecule has 7 nitrogen and oxygen atoms in total. The van der Waals surface area contributed by atoms with Crippen molar-refractivity contribution >= 4 is 34.1 Å². The van der Waals surface area contributed by atoms with Crippen molar-refractivity contribution in [3.63, 3.8) is 0 Å². The Kier molecular flexibility index (Phi) is 7.02. The fraction of sp³-hybridized carbons (Fsp3) is 0.190. The third kappa shape index (κ3) is 4.77. The SMILES string of the molecule is Cn1c(O)c(C(=Nc2ccccc2)SCCOc2ccccc2Cl)c(=O)n(C)c1=O. The van der Waals surface area contributed by atoms with Crippen LogP contribution in [0.25, 0.3) is 0 Å². The summed E-state index contributed by atoms with van der Waals surface area (Å²) in [6.07, 6.45) is 0. The van der Waals surface area contributed by atoms with Crippen molar-refractivity contribution in [3.05, 3.63) is 86.0 Å². The van der Waals surface area contributed by atoms with Crippen LogP contribution in [-0.2, 0) is 14.1 Å². The normalized spacial score (nSPS) is 11.5. The predicted octanol–water partition coefficient (Wildman–Crippen LogP) is 3.33. The van der Waals surface area contributed by atoms with Crippen LogP contribution in [0.3, 0.4) is 0 Å².